The van der Waals surface area contributed by atoms with Crippen LogP contribution in [0.5, 0.6) is 0 Å². The van der Waals surface area contributed by atoms with Gasteiger partial charge in [0.05, 0.1) is 18.8 Å². The molecule has 1 saturated heterocycles. The van der Waals surface area contributed by atoms with Crippen LogP contribution in [-0.2, 0) is 35.0 Å². The Morgan fingerprint density at radius 1 is 1.19 bits per heavy atom. The normalized spacial score (nSPS) is 22.9. The summed E-state index contributed by atoms with van der Waals surface area (Å²) in [7, 11) is 1.54. The lowest BCUT2D eigenvalue weighted by Gasteiger charge is -2.32. The van der Waals surface area contributed by atoms with Crippen LogP contribution in [0.25, 0.3) is 0 Å². The summed E-state index contributed by atoms with van der Waals surface area (Å²) in [6.45, 7) is 4.98. The van der Waals surface area contributed by atoms with Gasteiger partial charge in [-0.1, -0.05) is 30.3 Å². The number of hydrogen-bond donors (Lipinski definition) is 3. The van der Waals surface area contributed by atoms with Gasteiger partial charge in [-0.15, -0.1) is 0 Å². The predicted molar refractivity (Wildman–Crippen MR) is 134 cm³/mol. The molecule has 0 spiro atoms. The van der Waals surface area contributed by atoms with Crippen molar-refractivity contribution < 1.29 is 38.8 Å². The van der Waals surface area contributed by atoms with Crippen LogP contribution in [-0.4, -0.2) is 89.3 Å². The van der Waals surface area contributed by atoms with E-state index in [-0.39, 0.29) is 39.1 Å². The zero-order valence-electron chi connectivity index (χ0n) is 21.9. The zero-order chi connectivity index (χ0) is 27.2. The number of carbonyl (C=O) groups excluding carboxylic acids is 3. The fourth-order valence-electron chi connectivity index (χ4n) is 4.43. The number of nitrogens with one attached hydrogen (secondary N) is 1. The predicted octanol–water partition coefficient (Wildman–Crippen LogP) is 1.09. The number of likely N-dealkylation sites (N-methyl/N-ethyl adjacent to an activating group) is 1. The molecule has 1 aliphatic carbocycles. The lowest BCUT2D eigenvalue weighted by Crippen LogP contribution is -2.53. The average Bonchev–Trinajstić information content (AvgIpc) is 3.33. The minimum atomic E-state index is -0.901. The first-order chi connectivity index (χ1) is 17.5. The lowest BCUT2D eigenvalue weighted by atomic mass is 9.91. The van der Waals surface area contributed by atoms with E-state index in [0.717, 1.165) is 5.56 Å². The Hall–Kier alpha value is -2.79. The van der Waals surface area contributed by atoms with E-state index in [1.165, 1.54) is 11.9 Å². The Kier molecular flexibility index (Phi) is 9.83. The molecular formula is C27H38N2O8. The van der Waals surface area contributed by atoms with Gasteiger partial charge < -0.3 is 34.6 Å². The number of aliphatic hydroxyl groups is 2. The highest BCUT2D eigenvalue weighted by Gasteiger charge is 2.41. The summed E-state index contributed by atoms with van der Waals surface area (Å²) in [5.41, 5.74) is 0.564. The van der Waals surface area contributed by atoms with Gasteiger partial charge in [0, 0.05) is 31.9 Å². The number of ether oxygens (including phenoxy) is 3. The van der Waals surface area contributed by atoms with Crippen molar-refractivity contribution in [3.8, 4) is 0 Å². The molecule has 0 aromatic heterocycles. The molecule has 37 heavy (non-hydrogen) atoms. The van der Waals surface area contributed by atoms with Crippen LogP contribution >= 0.6 is 0 Å². The second-order valence-corrected chi connectivity index (χ2v) is 10.5. The van der Waals surface area contributed by atoms with Gasteiger partial charge in [0.2, 0.25) is 11.8 Å². The quantitative estimate of drug-likeness (QED) is 0.392. The van der Waals surface area contributed by atoms with Crippen molar-refractivity contribution in [2.75, 3.05) is 20.4 Å². The van der Waals surface area contributed by atoms with Gasteiger partial charge >= 0.3 is 5.97 Å². The third-order valence-corrected chi connectivity index (χ3v) is 6.34. The van der Waals surface area contributed by atoms with Crippen LogP contribution in [0.3, 0.4) is 0 Å². The minimum absolute atomic E-state index is 0.0241. The number of benzene rings is 1. The van der Waals surface area contributed by atoms with Gasteiger partial charge in [-0.05, 0) is 38.8 Å². The number of carbonyl (C=O) groups is 3. The molecule has 0 bridgehead atoms. The first kappa shape index (κ1) is 28.8. The Labute approximate surface area is 217 Å². The van der Waals surface area contributed by atoms with E-state index in [4.69, 9.17) is 14.2 Å². The first-order valence-electron chi connectivity index (χ1n) is 12.5. The molecule has 0 saturated carbocycles. The van der Waals surface area contributed by atoms with Gasteiger partial charge in [0.25, 0.3) is 0 Å². The number of esters is 1. The van der Waals surface area contributed by atoms with Crippen LogP contribution in [0.15, 0.2) is 42.0 Å². The van der Waals surface area contributed by atoms with Crippen molar-refractivity contribution in [3.05, 3.63) is 47.5 Å². The highest BCUT2D eigenvalue weighted by atomic mass is 16.7. The van der Waals surface area contributed by atoms with E-state index < -0.39 is 53.8 Å². The molecule has 3 rings (SSSR count). The molecular weight excluding hydrogens is 480 g/mol. The van der Waals surface area contributed by atoms with Crippen LogP contribution in [0.4, 0.5) is 0 Å². The van der Waals surface area contributed by atoms with Crippen LogP contribution in [0.2, 0.25) is 0 Å². The molecule has 2 aliphatic rings. The maximum absolute atomic E-state index is 13.4. The number of fused-ring (bicyclic) bond motifs is 1. The maximum atomic E-state index is 13.4. The SMILES string of the molecule is CN(C(=O)C1=CC2OCOC2C(O)C1)C(Cc1ccccc1)C(=O)NC(CO)CCC(=O)OC(C)(C)C. The van der Waals surface area contributed by atoms with Crippen molar-refractivity contribution in [1.29, 1.82) is 0 Å². The minimum Gasteiger partial charge on any atom is -0.460 e. The van der Waals surface area contributed by atoms with Crippen molar-refractivity contribution in [1.82, 2.24) is 10.2 Å². The zero-order valence-corrected chi connectivity index (χ0v) is 21.9. The summed E-state index contributed by atoms with van der Waals surface area (Å²) in [5.74, 6) is -1.29. The highest BCUT2D eigenvalue weighted by Crippen LogP contribution is 2.29. The first-order valence-corrected chi connectivity index (χ1v) is 12.5. The van der Waals surface area contributed by atoms with E-state index in [1.54, 1.807) is 26.8 Å². The van der Waals surface area contributed by atoms with Gasteiger partial charge in [-0.3, -0.25) is 14.4 Å². The molecule has 204 valence electrons. The molecule has 1 heterocycles. The fourth-order valence-corrected chi connectivity index (χ4v) is 4.43. The highest BCUT2D eigenvalue weighted by molar-refractivity contribution is 5.97. The fraction of sp³-hybridized carbons (Fsp3) is 0.593. The van der Waals surface area contributed by atoms with Gasteiger partial charge in [-0.25, -0.2) is 0 Å². The van der Waals surface area contributed by atoms with Gasteiger partial charge in [0.15, 0.2) is 0 Å². The summed E-state index contributed by atoms with van der Waals surface area (Å²) in [6.07, 6.45) is 0.254. The Morgan fingerprint density at radius 2 is 1.89 bits per heavy atom. The summed E-state index contributed by atoms with van der Waals surface area (Å²) in [4.78, 5) is 40.3. The Morgan fingerprint density at radius 3 is 2.54 bits per heavy atom. The van der Waals surface area contributed by atoms with Crippen LogP contribution in [0, 0.1) is 0 Å². The number of aliphatic hydroxyl groups excluding tert-OH is 2. The molecule has 10 heteroatoms. The second kappa shape index (κ2) is 12.6. The average molecular weight is 519 g/mol. The number of amides is 2. The largest absolute Gasteiger partial charge is 0.460 e. The molecule has 5 unspecified atom stereocenters. The van der Waals surface area contributed by atoms with E-state index in [0.29, 0.717) is 5.57 Å². The molecule has 3 N–H and O–H groups in total. The molecule has 10 nitrogen and oxygen atoms in total. The Bertz CT molecular complexity index is 974. The molecule has 2 amide bonds. The second-order valence-electron chi connectivity index (χ2n) is 10.5. The topological polar surface area (TPSA) is 135 Å². The van der Waals surface area contributed by atoms with Crippen LogP contribution < -0.4 is 5.32 Å². The standard InChI is InChI=1S/C27H38N2O8/c1-27(2,3)37-23(32)11-10-19(15-30)28-25(33)20(12-17-8-6-5-7-9-17)29(4)26(34)18-13-21(31)24-22(14-18)35-16-36-24/h5-9,14,19-22,24,30-31H,10-13,15-16H2,1-4H3,(H,28,33). The van der Waals surface area contributed by atoms with Crippen molar-refractivity contribution in [2.45, 2.75) is 82.5 Å². The molecule has 5 atom stereocenters. The monoisotopic (exact) mass is 518 g/mol. The van der Waals surface area contributed by atoms with Crippen molar-refractivity contribution >= 4 is 17.8 Å². The third-order valence-electron chi connectivity index (χ3n) is 6.34. The number of nitrogens with zero attached hydrogens (tertiary/aromatic N) is 1. The van der Waals surface area contributed by atoms with Crippen molar-refractivity contribution in [3.63, 3.8) is 0 Å². The lowest BCUT2D eigenvalue weighted by molar-refractivity contribution is -0.155. The Balaban J connectivity index is 1.73. The van der Waals surface area contributed by atoms with Crippen molar-refractivity contribution in [2.24, 2.45) is 0 Å². The van der Waals surface area contributed by atoms with Gasteiger partial charge in [-0.2, -0.15) is 0 Å². The van der Waals surface area contributed by atoms with E-state index >= 15 is 0 Å². The summed E-state index contributed by atoms with van der Waals surface area (Å²) in [5, 5.41) is 23.1. The molecule has 1 aromatic rings. The summed E-state index contributed by atoms with van der Waals surface area (Å²) >= 11 is 0. The smallest absolute Gasteiger partial charge is 0.306 e. The van der Waals surface area contributed by atoms with Gasteiger partial charge in [0.1, 0.15) is 30.6 Å². The third kappa shape index (κ3) is 8.10. The summed E-state index contributed by atoms with van der Waals surface area (Å²) < 4.78 is 16.2. The van der Waals surface area contributed by atoms with E-state index in [1.807, 2.05) is 30.3 Å². The maximum Gasteiger partial charge on any atom is 0.306 e. The molecule has 1 aliphatic heterocycles. The summed E-state index contributed by atoms with van der Waals surface area (Å²) in [6, 6.07) is 7.69. The van der Waals surface area contributed by atoms with E-state index in [2.05, 4.69) is 5.32 Å². The van der Waals surface area contributed by atoms with Crippen LogP contribution in [0.1, 0.15) is 45.6 Å². The molecule has 0 radical (unpaired) electrons. The number of rotatable bonds is 10. The van der Waals surface area contributed by atoms with E-state index in [9.17, 15) is 24.6 Å². The molecule has 1 fully saturated rings. The number of hydrogen-bond acceptors (Lipinski definition) is 8. The molecule has 1 aromatic carbocycles.